The first-order valence-corrected chi connectivity index (χ1v) is 13.5. The summed E-state index contributed by atoms with van der Waals surface area (Å²) in [5.74, 6) is 0. The topological polar surface area (TPSA) is 3.88 Å². The van der Waals surface area contributed by atoms with Crippen molar-refractivity contribution in [1.29, 1.82) is 0 Å². The minimum atomic E-state index is 0.0595. The minimum absolute atomic E-state index is 0.0595. The number of fused-ring (bicyclic) bond motifs is 3. The van der Waals surface area contributed by atoms with Crippen molar-refractivity contribution in [2.75, 3.05) is 0 Å². The summed E-state index contributed by atoms with van der Waals surface area (Å²) >= 11 is 0. The first-order valence-electron chi connectivity index (χ1n) is 13.5. The number of unbranched alkanes of at least 4 members (excludes halogenated alkanes) is 2. The predicted molar refractivity (Wildman–Crippen MR) is 142 cm³/mol. The van der Waals surface area contributed by atoms with Crippen LogP contribution in [0.15, 0.2) is 36.5 Å². The molecular formula is C32H44N+. The maximum Gasteiger partial charge on any atom is 0.221 e. The fourth-order valence-corrected chi connectivity index (χ4v) is 8.27. The van der Waals surface area contributed by atoms with Gasteiger partial charge in [0.2, 0.25) is 5.52 Å². The van der Waals surface area contributed by atoms with Gasteiger partial charge in [0.25, 0.3) is 0 Å². The molecule has 3 atom stereocenters. The van der Waals surface area contributed by atoms with Crippen LogP contribution >= 0.6 is 0 Å². The molecule has 33 heavy (non-hydrogen) atoms. The molecule has 2 aliphatic rings. The van der Waals surface area contributed by atoms with E-state index >= 15 is 0 Å². The number of benzene rings is 2. The SMILES string of the molecule is CCCCCC1(C)CC(C)(C)c2c1c1cccc3c1c1c2ccc[n+]1C(C)(CC)C3(C)CC. The summed E-state index contributed by atoms with van der Waals surface area (Å²) in [5, 5.41) is 4.59. The summed E-state index contributed by atoms with van der Waals surface area (Å²) in [5.41, 5.74) is 6.97. The highest BCUT2D eigenvalue weighted by Gasteiger charge is 2.57. The standard InChI is InChI=1S/C32H44N/c1-9-12-13-19-30(6)21-29(4,5)26-23-17-15-20-33-28(23)25-22(27(26)30)16-14-18-24(25)31(7,10-2)32(33,8)11-3/h14-18,20H,9-13,19,21H2,1-8H3/q+1. The highest BCUT2D eigenvalue weighted by Crippen LogP contribution is 2.59. The van der Waals surface area contributed by atoms with Crippen LogP contribution in [0.5, 0.6) is 0 Å². The molecule has 3 aromatic rings. The Morgan fingerprint density at radius 1 is 0.818 bits per heavy atom. The van der Waals surface area contributed by atoms with Gasteiger partial charge >= 0.3 is 0 Å². The molecular weight excluding hydrogens is 398 g/mol. The van der Waals surface area contributed by atoms with E-state index in [-0.39, 0.29) is 21.8 Å². The normalized spacial score (nSPS) is 29.8. The third-order valence-corrected chi connectivity index (χ3v) is 10.2. The van der Waals surface area contributed by atoms with E-state index in [0.717, 1.165) is 12.8 Å². The Balaban J connectivity index is 1.99. The summed E-state index contributed by atoms with van der Waals surface area (Å²) in [6, 6.07) is 12.0. The van der Waals surface area contributed by atoms with Gasteiger partial charge in [0, 0.05) is 19.4 Å². The molecule has 0 radical (unpaired) electrons. The summed E-state index contributed by atoms with van der Waals surface area (Å²) in [7, 11) is 0. The van der Waals surface area contributed by atoms with Crippen molar-refractivity contribution in [1.82, 2.24) is 0 Å². The molecule has 1 aromatic heterocycles. The maximum atomic E-state index is 2.68. The summed E-state index contributed by atoms with van der Waals surface area (Å²) < 4.78 is 2.68. The van der Waals surface area contributed by atoms with Gasteiger partial charge in [0.1, 0.15) is 0 Å². The van der Waals surface area contributed by atoms with Crippen LogP contribution in [0, 0.1) is 0 Å². The zero-order chi connectivity index (χ0) is 23.8. The van der Waals surface area contributed by atoms with Gasteiger partial charge in [0.15, 0.2) is 11.7 Å². The first-order chi connectivity index (χ1) is 15.6. The van der Waals surface area contributed by atoms with Crippen molar-refractivity contribution in [3.8, 4) is 0 Å². The fourth-order valence-electron chi connectivity index (χ4n) is 8.27. The Hall–Kier alpha value is -1.89. The zero-order valence-corrected chi connectivity index (χ0v) is 22.4. The zero-order valence-electron chi connectivity index (χ0n) is 22.4. The molecule has 5 rings (SSSR count). The average molecular weight is 443 g/mol. The number of nitrogens with zero attached hydrogens (tertiary/aromatic N) is 1. The molecule has 0 amide bonds. The van der Waals surface area contributed by atoms with Crippen molar-refractivity contribution < 1.29 is 4.57 Å². The number of hydrogen-bond acceptors (Lipinski definition) is 0. The Labute approximate surface area is 201 Å². The van der Waals surface area contributed by atoms with Gasteiger partial charge in [-0.15, -0.1) is 0 Å². The van der Waals surface area contributed by atoms with Crippen LogP contribution < -0.4 is 4.57 Å². The van der Waals surface area contributed by atoms with Gasteiger partial charge < -0.3 is 0 Å². The third kappa shape index (κ3) is 2.74. The van der Waals surface area contributed by atoms with Crippen molar-refractivity contribution in [3.05, 3.63) is 53.2 Å². The monoisotopic (exact) mass is 442 g/mol. The van der Waals surface area contributed by atoms with E-state index in [9.17, 15) is 0 Å². The molecule has 2 aromatic carbocycles. The molecule has 1 aliphatic carbocycles. The lowest BCUT2D eigenvalue weighted by atomic mass is 9.60. The Kier molecular flexibility index (Phi) is 5.06. The fraction of sp³-hybridized carbons (Fsp3) is 0.594. The predicted octanol–water partition coefficient (Wildman–Crippen LogP) is 8.61. The summed E-state index contributed by atoms with van der Waals surface area (Å²) in [6.45, 7) is 19.7. The van der Waals surface area contributed by atoms with E-state index in [1.165, 1.54) is 48.4 Å². The van der Waals surface area contributed by atoms with Gasteiger partial charge in [-0.1, -0.05) is 79.0 Å². The van der Waals surface area contributed by atoms with Gasteiger partial charge in [-0.05, 0) is 65.2 Å². The van der Waals surface area contributed by atoms with E-state index in [2.05, 4.69) is 96.5 Å². The van der Waals surface area contributed by atoms with Crippen LogP contribution in [0.2, 0.25) is 0 Å². The number of pyridine rings is 1. The van der Waals surface area contributed by atoms with Crippen LogP contribution in [0.4, 0.5) is 0 Å². The number of hydrogen-bond donors (Lipinski definition) is 0. The van der Waals surface area contributed by atoms with E-state index in [1.807, 2.05) is 0 Å². The number of rotatable bonds is 6. The Morgan fingerprint density at radius 2 is 1.55 bits per heavy atom. The van der Waals surface area contributed by atoms with Crippen LogP contribution in [0.25, 0.3) is 21.7 Å². The molecule has 0 saturated carbocycles. The lowest BCUT2D eigenvalue weighted by molar-refractivity contribution is -0.750. The Morgan fingerprint density at radius 3 is 2.21 bits per heavy atom. The molecule has 2 heterocycles. The van der Waals surface area contributed by atoms with E-state index in [0.29, 0.717) is 0 Å². The van der Waals surface area contributed by atoms with Gasteiger partial charge in [-0.2, -0.15) is 4.57 Å². The second-order valence-corrected chi connectivity index (χ2v) is 12.5. The molecule has 176 valence electrons. The third-order valence-electron chi connectivity index (χ3n) is 10.2. The van der Waals surface area contributed by atoms with Crippen LogP contribution in [0.3, 0.4) is 0 Å². The second kappa shape index (κ2) is 7.30. The molecule has 0 fully saturated rings. The van der Waals surface area contributed by atoms with Gasteiger partial charge in [0.05, 0.1) is 16.2 Å². The minimum Gasteiger partial charge on any atom is -0.192 e. The molecule has 0 saturated heterocycles. The van der Waals surface area contributed by atoms with Crippen molar-refractivity contribution in [2.24, 2.45) is 0 Å². The van der Waals surface area contributed by atoms with Crippen LogP contribution in [-0.2, 0) is 21.8 Å². The molecule has 3 unspecified atom stereocenters. The van der Waals surface area contributed by atoms with Crippen LogP contribution in [0.1, 0.15) is 117 Å². The highest BCUT2D eigenvalue weighted by atomic mass is 15.1. The quantitative estimate of drug-likeness (QED) is 0.204. The average Bonchev–Trinajstić information content (AvgIpc) is 3.02. The maximum absolute atomic E-state index is 2.68. The van der Waals surface area contributed by atoms with Crippen molar-refractivity contribution >= 4 is 21.7 Å². The molecule has 1 heteroatoms. The lowest BCUT2D eigenvalue weighted by Gasteiger charge is -2.45. The lowest BCUT2D eigenvalue weighted by Crippen LogP contribution is -2.66. The molecule has 1 aliphatic heterocycles. The summed E-state index contributed by atoms with van der Waals surface area (Å²) in [6.07, 6.45) is 11.2. The van der Waals surface area contributed by atoms with E-state index in [4.69, 9.17) is 0 Å². The van der Waals surface area contributed by atoms with Crippen LogP contribution in [-0.4, -0.2) is 0 Å². The molecule has 0 N–H and O–H groups in total. The van der Waals surface area contributed by atoms with Crippen molar-refractivity contribution in [2.45, 2.75) is 122 Å². The Bertz CT molecular complexity index is 1250. The smallest absolute Gasteiger partial charge is 0.192 e. The summed E-state index contributed by atoms with van der Waals surface area (Å²) in [4.78, 5) is 0. The molecule has 1 nitrogen and oxygen atoms in total. The first kappa shape index (κ1) is 22.9. The molecule has 0 spiro atoms. The van der Waals surface area contributed by atoms with Gasteiger partial charge in [-0.25, -0.2) is 0 Å². The van der Waals surface area contributed by atoms with E-state index < -0.39 is 0 Å². The van der Waals surface area contributed by atoms with Gasteiger partial charge in [-0.3, -0.25) is 0 Å². The van der Waals surface area contributed by atoms with Crippen molar-refractivity contribution in [3.63, 3.8) is 0 Å². The number of aromatic nitrogens is 1. The molecule has 0 bridgehead atoms. The van der Waals surface area contributed by atoms with E-state index in [1.54, 1.807) is 22.1 Å². The largest absolute Gasteiger partial charge is 0.221 e. The second-order valence-electron chi connectivity index (χ2n) is 12.5. The highest BCUT2D eigenvalue weighted by molar-refractivity contribution is 6.11.